The molecule has 1 aliphatic heterocycles. The number of carbonyl (C=O) groups is 2. The molecule has 2 aromatic rings. The number of amides is 2. The van der Waals surface area contributed by atoms with Crippen molar-refractivity contribution in [1.82, 2.24) is 10.3 Å². The molecule has 8 nitrogen and oxygen atoms in total. The van der Waals surface area contributed by atoms with E-state index in [4.69, 9.17) is 5.41 Å². The van der Waals surface area contributed by atoms with Crippen LogP contribution < -0.4 is 15.8 Å². The smallest absolute Gasteiger partial charge is 0.275 e. The van der Waals surface area contributed by atoms with Crippen LogP contribution in [0.5, 0.6) is 0 Å². The maximum Gasteiger partial charge on any atom is 0.275 e. The number of carbonyl (C=O) groups excluding carboxylic acids is 2. The van der Waals surface area contributed by atoms with Crippen LogP contribution in [0.1, 0.15) is 16.7 Å². The summed E-state index contributed by atoms with van der Waals surface area (Å²) in [7, 11) is 0. The van der Waals surface area contributed by atoms with Crippen LogP contribution >= 0.6 is 0 Å². The number of halogens is 2. The minimum absolute atomic E-state index is 0.00514. The molecule has 0 fully saturated rings. The Morgan fingerprint density at radius 3 is 2.70 bits per heavy atom. The number of nitrogens with zero attached hydrogens (tertiary/aromatic N) is 2. The number of benzene rings is 1. The van der Waals surface area contributed by atoms with Crippen LogP contribution in [0, 0.1) is 17.6 Å². The van der Waals surface area contributed by atoms with Crippen LogP contribution in [0.4, 0.5) is 14.6 Å². The summed E-state index contributed by atoms with van der Waals surface area (Å²) in [5, 5.41) is 28.0. The third-order valence-corrected chi connectivity index (χ3v) is 4.17. The van der Waals surface area contributed by atoms with Gasteiger partial charge in [-0.05, 0) is 17.7 Å². The van der Waals surface area contributed by atoms with E-state index in [1.807, 2.05) is 0 Å². The maximum atomic E-state index is 13.7. The van der Waals surface area contributed by atoms with Crippen LogP contribution in [0.15, 0.2) is 30.5 Å². The summed E-state index contributed by atoms with van der Waals surface area (Å²) in [5.74, 6) is -5.35. The minimum Gasteiger partial charge on any atom is -0.392 e. The number of anilines is 1. The van der Waals surface area contributed by atoms with Crippen molar-refractivity contribution in [3.8, 4) is 0 Å². The Bertz CT molecular complexity index is 951. The monoisotopic (exact) mass is 377 g/mol. The Morgan fingerprint density at radius 1 is 1.30 bits per heavy atom. The van der Waals surface area contributed by atoms with Crippen molar-refractivity contribution in [2.24, 2.45) is 5.92 Å². The van der Waals surface area contributed by atoms with Gasteiger partial charge in [0.1, 0.15) is 11.6 Å². The fourth-order valence-corrected chi connectivity index (χ4v) is 2.80. The molecule has 10 heteroatoms. The fraction of sp³-hybridized carbons (Fsp3) is 0.176. The third-order valence-electron chi connectivity index (χ3n) is 4.17. The van der Waals surface area contributed by atoms with Crippen molar-refractivity contribution in [2.75, 3.05) is 5.06 Å². The molecule has 140 valence electrons. The average molecular weight is 377 g/mol. The summed E-state index contributed by atoms with van der Waals surface area (Å²) in [6, 6.07) is 4.28. The number of hydroxylamine groups is 1. The van der Waals surface area contributed by atoms with E-state index < -0.39 is 36.0 Å². The number of hydrogen-bond acceptors (Lipinski definition) is 5. The number of aliphatic hydroxyl groups is 1. The highest BCUT2D eigenvalue weighted by atomic mass is 19.1. The number of nitrogens with one attached hydrogen (secondary N) is 1. The van der Waals surface area contributed by atoms with Crippen molar-refractivity contribution in [1.29, 1.82) is 0 Å². The molecule has 0 bridgehead atoms. The van der Waals surface area contributed by atoms with Gasteiger partial charge in [0, 0.05) is 24.4 Å². The molecule has 2 heterocycles. The van der Waals surface area contributed by atoms with Crippen LogP contribution in [0.3, 0.4) is 0 Å². The van der Waals surface area contributed by atoms with Gasteiger partial charge in [-0.1, -0.05) is 6.07 Å². The van der Waals surface area contributed by atoms with E-state index in [2.05, 4.69) is 10.3 Å². The Morgan fingerprint density at radius 2 is 2.04 bits per heavy atom. The molecule has 1 aliphatic rings. The summed E-state index contributed by atoms with van der Waals surface area (Å²) in [4.78, 5) is 28.7. The SMILES string of the molecule is [NH2+]=C1c2c(CO)ccnc2N(O)C(=O)C1C(=O)NCc1ccc(F)cc1F. The van der Waals surface area contributed by atoms with Gasteiger partial charge in [-0.3, -0.25) is 20.2 Å². The van der Waals surface area contributed by atoms with Crippen LogP contribution in [0.2, 0.25) is 0 Å². The number of aromatic nitrogens is 1. The van der Waals surface area contributed by atoms with Crippen molar-refractivity contribution in [2.45, 2.75) is 13.2 Å². The Labute approximate surface area is 151 Å². The topological polar surface area (TPSA) is 128 Å². The third kappa shape index (κ3) is 3.27. The number of fused-ring (bicyclic) bond motifs is 1. The molecule has 1 atom stereocenters. The first-order valence-corrected chi connectivity index (χ1v) is 7.81. The van der Waals surface area contributed by atoms with E-state index in [1.54, 1.807) is 0 Å². The molecular formula is C17H15F2N4O4+. The lowest BCUT2D eigenvalue weighted by molar-refractivity contribution is -0.142. The zero-order valence-corrected chi connectivity index (χ0v) is 13.8. The van der Waals surface area contributed by atoms with Crippen molar-refractivity contribution < 1.29 is 34.1 Å². The van der Waals surface area contributed by atoms with E-state index in [0.29, 0.717) is 6.07 Å². The van der Waals surface area contributed by atoms with Gasteiger partial charge in [0.05, 0.1) is 12.2 Å². The summed E-state index contributed by atoms with van der Waals surface area (Å²) < 4.78 is 26.6. The van der Waals surface area contributed by atoms with Crippen molar-refractivity contribution in [3.63, 3.8) is 0 Å². The lowest BCUT2D eigenvalue weighted by Gasteiger charge is -2.27. The van der Waals surface area contributed by atoms with Gasteiger partial charge in [-0.2, -0.15) is 5.06 Å². The predicted molar refractivity (Wildman–Crippen MR) is 87.2 cm³/mol. The van der Waals surface area contributed by atoms with Crippen LogP contribution in [-0.2, 0) is 22.7 Å². The summed E-state index contributed by atoms with van der Waals surface area (Å²) in [6.45, 7) is -0.775. The Balaban J connectivity index is 1.86. The quantitative estimate of drug-likeness (QED) is 0.404. The molecule has 5 N–H and O–H groups in total. The first kappa shape index (κ1) is 18.5. The second-order valence-corrected chi connectivity index (χ2v) is 5.82. The van der Waals surface area contributed by atoms with Crippen LogP contribution in [0.25, 0.3) is 0 Å². The summed E-state index contributed by atoms with van der Waals surface area (Å²) >= 11 is 0. The van der Waals surface area contributed by atoms with Crippen molar-refractivity contribution >= 4 is 23.3 Å². The van der Waals surface area contributed by atoms with Gasteiger partial charge in [-0.25, -0.2) is 13.8 Å². The van der Waals surface area contributed by atoms with Crippen molar-refractivity contribution in [3.05, 3.63) is 58.8 Å². The number of rotatable bonds is 4. The number of aliphatic hydroxyl groups excluding tert-OH is 1. The molecule has 1 unspecified atom stereocenters. The summed E-state index contributed by atoms with van der Waals surface area (Å²) in [5.41, 5.74) is 0.154. The zero-order chi connectivity index (χ0) is 19.7. The lowest BCUT2D eigenvalue weighted by Crippen LogP contribution is -2.59. The Hall–Kier alpha value is -3.24. The highest BCUT2D eigenvalue weighted by Crippen LogP contribution is 2.29. The molecule has 1 aromatic heterocycles. The van der Waals surface area contributed by atoms with E-state index in [9.17, 15) is 28.7 Å². The zero-order valence-electron chi connectivity index (χ0n) is 13.8. The number of hydrogen-bond donors (Lipinski definition) is 4. The number of nitrogens with two attached hydrogens (primary N) is 1. The van der Waals surface area contributed by atoms with E-state index in [1.165, 1.54) is 12.3 Å². The maximum absolute atomic E-state index is 13.7. The highest BCUT2D eigenvalue weighted by Gasteiger charge is 2.46. The van der Waals surface area contributed by atoms with Crippen LogP contribution in [-0.4, -0.2) is 32.8 Å². The highest BCUT2D eigenvalue weighted by molar-refractivity contribution is 6.30. The minimum atomic E-state index is -1.60. The van der Waals surface area contributed by atoms with Gasteiger partial charge >= 0.3 is 0 Å². The molecule has 1 aromatic carbocycles. The van der Waals surface area contributed by atoms with E-state index in [-0.39, 0.29) is 39.8 Å². The molecule has 0 saturated heterocycles. The van der Waals surface area contributed by atoms with Gasteiger partial charge in [0.15, 0.2) is 5.82 Å². The Kier molecular flexibility index (Phi) is 4.93. The van der Waals surface area contributed by atoms with Gasteiger partial charge in [-0.15, -0.1) is 0 Å². The predicted octanol–water partition coefficient (Wildman–Crippen LogP) is -0.931. The standard InChI is InChI=1S/C17H14F2N4O4/c18-10-2-1-8(11(19)5-10)6-22-16(25)13-14(20)12-9(7-24)3-4-21-15(12)23(27)17(13)26/h1-5,13,20,24,27H,6-7H2,(H,22,25)/p+1. The lowest BCUT2D eigenvalue weighted by atomic mass is 9.89. The normalized spacial score (nSPS) is 16.3. The summed E-state index contributed by atoms with van der Waals surface area (Å²) in [6.07, 6.45) is 1.27. The van der Waals surface area contributed by atoms with E-state index in [0.717, 1.165) is 12.1 Å². The number of pyridine rings is 1. The molecule has 27 heavy (non-hydrogen) atoms. The van der Waals surface area contributed by atoms with Gasteiger partial charge < -0.3 is 10.4 Å². The average Bonchev–Trinajstić information content (AvgIpc) is 2.65. The largest absolute Gasteiger partial charge is 0.392 e. The van der Waals surface area contributed by atoms with Gasteiger partial charge in [0.2, 0.25) is 17.5 Å². The molecule has 2 amide bonds. The van der Waals surface area contributed by atoms with E-state index >= 15 is 0 Å². The molecule has 0 radical (unpaired) electrons. The first-order valence-electron chi connectivity index (χ1n) is 7.81. The second kappa shape index (κ2) is 7.17. The second-order valence-electron chi connectivity index (χ2n) is 5.82. The molecule has 0 saturated carbocycles. The first-order chi connectivity index (χ1) is 12.8. The molecule has 0 spiro atoms. The molecule has 3 rings (SSSR count). The molecular weight excluding hydrogens is 362 g/mol. The molecule has 0 aliphatic carbocycles. The fourth-order valence-electron chi connectivity index (χ4n) is 2.80. The van der Waals surface area contributed by atoms with Gasteiger partial charge in [0.25, 0.3) is 5.91 Å².